The van der Waals surface area contributed by atoms with Crippen LogP contribution in [0.1, 0.15) is 11.1 Å². The first-order valence-electron chi connectivity index (χ1n) is 6.77. The van der Waals surface area contributed by atoms with Crippen LogP contribution in [0.3, 0.4) is 0 Å². The third-order valence-corrected chi connectivity index (χ3v) is 3.31. The molecule has 2 aromatic carbocycles. The lowest BCUT2D eigenvalue weighted by Gasteiger charge is -2.19. The molecular weight excluding hydrogens is 278 g/mol. The molecule has 0 aliphatic heterocycles. The highest BCUT2D eigenvalue weighted by molar-refractivity contribution is 5.95. The van der Waals surface area contributed by atoms with Crippen molar-refractivity contribution < 1.29 is 4.79 Å². The molecule has 0 aliphatic carbocycles. The van der Waals surface area contributed by atoms with E-state index in [0.717, 1.165) is 16.1 Å². The third kappa shape index (κ3) is 3.35. The van der Waals surface area contributed by atoms with Crippen LogP contribution in [-0.4, -0.2) is 12.7 Å². The maximum atomic E-state index is 12.3. The van der Waals surface area contributed by atoms with E-state index in [1.54, 1.807) is 18.2 Å². The molecule has 6 heteroatoms. The fraction of sp³-hybridized carbons (Fsp3) is 0.125. The van der Waals surface area contributed by atoms with Crippen LogP contribution in [0, 0.1) is 6.92 Å². The lowest BCUT2D eigenvalue weighted by Crippen LogP contribution is -2.36. The zero-order valence-electron chi connectivity index (χ0n) is 12.4. The number of hydrogen-bond donors (Lipinski definition) is 3. The molecule has 22 heavy (non-hydrogen) atoms. The van der Waals surface area contributed by atoms with Gasteiger partial charge < -0.3 is 16.8 Å². The molecule has 114 valence electrons. The average Bonchev–Trinajstić information content (AvgIpc) is 2.50. The molecule has 5 N–H and O–H groups in total. The summed E-state index contributed by atoms with van der Waals surface area (Å²) in [5.41, 5.74) is 15.0. The lowest BCUT2D eigenvalue weighted by atomic mass is 10.1. The van der Waals surface area contributed by atoms with Gasteiger partial charge in [-0.15, -0.1) is 0 Å². The molecule has 0 bridgehead atoms. The molecule has 2 amide bonds. The van der Waals surface area contributed by atoms with Crippen LogP contribution in [0.25, 0.3) is 0 Å². The summed E-state index contributed by atoms with van der Waals surface area (Å²) in [6, 6.07) is 12.3. The maximum absolute atomic E-state index is 12.3. The van der Waals surface area contributed by atoms with Crippen molar-refractivity contribution in [2.24, 2.45) is 5.10 Å². The van der Waals surface area contributed by atoms with E-state index in [4.69, 9.17) is 11.5 Å². The number of benzene rings is 2. The Kier molecular flexibility index (Phi) is 4.63. The fourth-order valence-electron chi connectivity index (χ4n) is 2.05. The van der Waals surface area contributed by atoms with Crippen molar-refractivity contribution in [1.29, 1.82) is 0 Å². The minimum Gasteiger partial charge on any atom is -0.399 e. The maximum Gasteiger partial charge on any atom is 0.342 e. The van der Waals surface area contributed by atoms with E-state index >= 15 is 0 Å². The molecule has 0 saturated heterocycles. The molecule has 6 nitrogen and oxygen atoms in total. The van der Waals surface area contributed by atoms with E-state index in [9.17, 15) is 4.79 Å². The summed E-state index contributed by atoms with van der Waals surface area (Å²) in [6.07, 6.45) is 0. The second-order valence-electron chi connectivity index (χ2n) is 4.86. The number of carbonyl (C=O) groups excluding carboxylic acids is 1. The third-order valence-electron chi connectivity index (χ3n) is 3.31. The monoisotopic (exact) mass is 297 g/mol. The number of nitrogen functional groups attached to an aromatic ring is 2. The van der Waals surface area contributed by atoms with Crippen LogP contribution in [0.4, 0.5) is 21.9 Å². The summed E-state index contributed by atoms with van der Waals surface area (Å²) in [6.45, 7) is 5.80. The largest absolute Gasteiger partial charge is 0.399 e. The normalized spacial score (nSPS) is 10.0. The van der Waals surface area contributed by atoms with Gasteiger partial charge in [-0.1, -0.05) is 24.3 Å². The number of aryl methyl sites for hydroxylation is 1. The van der Waals surface area contributed by atoms with E-state index in [1.807, 2.05) is 31.2 Å². The van der Waals surface area contributed by atoms with Gasteiger partial charge in [0, 0.05) is 18.9 Å². The first kappa shape index (κ1) is 15.4. The van der Waals surface area contributed by atoms with Gasteiger partial charge in [-0.3, -0.25) is 0 Å². The second kappa shape index (κ2) is 6.62. The zero-order valence-corrected chi connectivity index (χ0v) is 12.4. The molecule has 2 aromatic rings. The Labute approximate surface area is 129 Å². The van der Waals surface area contributed by atoms with Gasteiger partial charge in [-0.25, -0.2) is 4.79 Å². The molecule has 0 aliphatic rings. The van der Waals surface area contributed by atoms with Gasteiger partial charge in [0.05, 0.1) is 11.4 Å². The Hall–Kier alpha value is -3.02. The molecule has 0 atom stereocenters. The Balaban J connectivity index is 2.14. The van der Waals surface area contributed by atoms with Gasteiger partial charge in [0.25, 0.3) is 0 Å². The molecule has 0 radical (unpaired) electrons. The number of amides is 2. The predicted octanol–water partition coefficient (Wildman–Crippen LogP) is 2.49. The Morgan fingerprint density at radius 3 is 2.68 bits per heavy atom. The summed E-state index contributed by atoms with van der Waals surface area (Å²) in [5, 5.41) is 7.62. The van der Waals surface area contributed by atoms with E-state index in [2.05, 4.69) is 17.1 Å². The fourth-order valence-corrected chi connectivity index (χ4v) is 2.05. The van der Waals surface area contributed by atoms with Gasteiger partial charge in [-0.05, 0) is 36.2 Å². The highest BCUT2D eigenvalue weighted by Crippen LogP contribution is 2.26. The Morgan fingerprint density at radius 1 is 1.27 bits per heavy atom. The first-order valence-corrected chi connectivity index (χ1v) is 6.77. The lowest BCUT2D eigenvalue weighted by molar-refractivity contribution is 0.246. The molecule has 0 unspecified atom stereocenters. The number of nitrogens with two attached hydrogens (primary N) is 2. The van der Waals surface area contributed by atoms with E-state index in [1.165, 1.54) is 0 Å². The zero-order chi connectivity index (χ0) is 16.1. The van der Waals surface area contributed by atoms with E-state index in [0.29, 0.717) is 23.6 Å². The van der Waals surface area contributed by atoms with Crippen molar-refractivity contribution >= 4 is 29.8 Å². The summed E-state index contributed by atoms with van der Waals surface area (Å²) in [4.78, 5) is 12.3. The average molecular weight is 297 g/mol. The van der Waals surface area contributed by atoms with Gasteiger partial charge in [0.15, 0.2) is 0 Å². The van der Waals surface area contributed by atoms with E-state index in [-0.39, 0.29) is 0 Å². The summed E-state index contributed by atoms with van der Waals surface area (Å²) >= 11 is 0. The van der Waals surface area contributed by atoms with Crippen molar-refractivity contribution in [3.8, 4) is 0 Å². The SMILES string of the molecule is C=NN(C(=O)NCc1ccccc1C)c1cc(N)ccc1N. The molecule has 0 aromatic heterocycles. The minimum absolute atomic E-state index is 0.389. The summed E-state index contributed by atoms with van der Waals surface area (Å²) < 4.78 is 0. The van der Waals surface area contributed by atoms with Crippen molar-refractivity contribution in [3.05, 3.63) is 53.6 Å². The molecule has 0 heterocycles. The number of carbonyl (C=O) groups is 1. The molecular formula is C16H19N5O. The van der Waals surface area contributed by atoms with Crippen LogP contribution in [0.2, 0.25) is 0 Å². The molecule has 0 saturated carbocycles. The van der Waals surface area contributed by atoms with Crippen LogP contribution in [-0.2, 0) is 6.54 Å². The van der Waals surface area contributed by atoms with Crippen molar-refractivity contribution in [2.75, 3.05) is 16.5 Å². The van der Waals surface area contributed by atoms with Gasteiger partial charge in [0.1, 0.15) is 0 Å². The molecule has 2 rings (SSSR count). The molecule has 0 spiro atoms. The van der Waals surface area contributed by atoms with Crippen molar-refractivity contribution in [1.82, 2.24) is 5.32 Å². The second-order valence-corrected chi connectivity index (χ2v) is 4.86. The quantitative estimate of drug-likeness (QED) is 0.459. The highest BCUT2D eigenvalue weighted by atomic mass is 16.2. The van der Waals surface area contributed by atoms with Crippen LogP contribution in [0.5, 0.6) is 0 Å². The highest BCUT2D eigenvalue weighted by Gasteiger charge is 2.17. The summed E-state index contributed by atoms with van der Waals surface area (Å²) in [5.74, 6) is 0. The number of rotatable bonds is 4. The van der Waals surface area contributed by atoms with Gasteiger partial charge >= 0.3 is 6.03 Å². The number of hydrogen-bond acceptors (Lipinski definition) is 4. The number of hydrazone groups is 1. The Bertz CT molecular complexity index is 699. The van der Waals surface area contributed by atoms with Crippen molar-refractivity contribution in [2.45, 2.75) is 13.5 Å². The Morgan fingerprint density at radius 2 is 2.00 bits per heavy atom. The van der Waals surface area contributed by atoms with E-state index < -0.39 is 6.03 Å². The van der Waals surface area contributed by atoms with Crippen molar-refractivity contribution in [3.63, 3.8) is 0 Å². The standard InChI is InChI=1S/C16H19N5O/c1-11-5-3-4-6-12(11)10-20-16(22)21(19-2)15-9-13(17)7-8-14(15)18/h3-9H,2,10,17-18H2,1H3,(H,20,22). The molecule has 0 fully saturated rings. The topological polar surface area (TPSA) is 96.7 Å². The van der Waals surface area contributed by atoms with Crippen LogP contribution >= 0.6 is 0 Å². The smallest absolute Gasteiger partial charge is 0.342 e. The summed E-state index contributed by atoms with van der Waals surface area (Å²) in [7, 11) is 0. The van der Waals surface area contributed by atoms with Crippen LogP contribution < -0.4 is 21.8 Å². The minimum atomic E-state index is -0.421. The number of anilines is 3. The predicted molar refractivity (Wildman–Crippen MR) is 90.7 cm³/mol. The first-order chi connectivity index (χ1) is 10.5. The van der Waals surface area contributed by atoms with Crippen LogP contribution in [0.15, 0.2) is 47.6 Å². The van der Waals surface area contributed by atoms with Gasteiger partial charge in [0.2, 0.25) is 0 Å². The number of nitrogens with one attached hydrogen (secondary N) is 1. The number of nitrogens with zero attached hydrogens (tertiary/aromatic N) is 2. The van der Waals surface area contributed by atoms with Gasteiger partial charge in [-0.2, -0.15) is 10.1 Å². The number of urea groups is 1.